The molecule has 0 aliphatic rings. The molecule has 3 heteroatoms. The fourth-order valence-corrected chi connectivity index (χ4v) is 2.60. The van der Waals surface area contributed by atoms with E-state index in [1.165, 1.54) is 56.1 Å². The van der Waals surface area contributed by atoms with Gasteiger partial charge in [-0.3, -0.25) is 0 Å². The first kappa shape index (κ1) is 22.1. The molecule has 5 N–H and O–H groups in total. The number of aliphatic hydroxyl groups is 2. The highest BCUT2D eigenvalue weighted by Crippen LogP contribution is 2.14. The zero-order valence-corrected chi connectivity index (χ0v) is 14.2. The van der Waals surface area contributed by atoms with Gasteiger partial charge in [-0.05, 0) is 30.4 Å². The minimum atomic E-state index is -0.614. The molecule has 0 saturated heterocycles. The van der Waals surface area contributed by atoms with E-state index in [-0.39, 0.29) is 20.6 Å². The Morgan fingerprint density at radius 2 is 1.30 bits per heavy atom. The first-order valence-electron chi connectivity index (χ1n) is 8.78. The molecule has 0 fully saturated rings. The molecule has 0 saturated carbocycles. The Morgan fingerprint density at radius 1 is 0.826 bits per heavy atom. The summed E-state index contributed by atoms with van der Waals surface area (Å²) >= 11 is 0. The number of unbranched alkanes of at least 4 members (excludes halogenated alkanes) is 5. The van der Waals surface area contributed by atoms with Crippen LogP contribution in [0.1, 0.15) is 70.4 Å². The molecule has 0 aromatic heterocycles. The Balaban J connectivity index is 0.00000484. The lowest BCUT2D eigenvalue weighted by Crippen LogP contribution is -2.76. The van der Waals surface area contributed by atoms with E-state index in [2.05, 4.69) is 36.9 Å². The quantitative estimate of drug-likeness (QED) is 0.517. The Kier molecular flexibility index (Phi) is 12.0. The second kappa shape index (κ2) is 12.5. The van der Waals surface area contributed by atoms with E-state index in [1.54, 1.807) is 0 Å². The molecule has 0 bridgehead atoms. The average molecular weight is 325 g/mol. The van der Waals surface area contributed by atoms with E-state index in [0.717, 1.165) is 6.42 Å². The molecular weight excluding hydrogens is 286 g/mol. The van der Waals surface area contributed by atoms with Crippen molar-refractivity contribution in [2.24, 2.45) is 0 Å². The fraction of sp³-hybridized carbons (Fsp3) is 0.700. The van der Waals surface area contributed by atoms with E-state index >= 15 is 0 Å². The van der Waals surface area contributed by atoms with Crippen LogP contribution in [0.25, 0.3) is 0 Å². The average Bonchev–Trinajstić information content (AvgIpc) is 2.57. The molecule has 1 aromatic rings. The number of benzene rings is 1. The highest BCUT2D eigenvalue weighted by molar-refractivity contribution is 5.23. The number of aryl methyl sites for hydroxylation is 2. The Hall–Kier alpha value is -0.900. The highest BCUT2D eigenvalue weighted by atomic mass is 16.3. The number of hydrogen-bond donors (Lipinski definition) is 3. The Morgan fingerprint density at radius 3 is 1.83 bits per heavy atom. The van der Waals surface area contributed by atoms with E-state index < -0.39 is 5.54 Å². The molecule has 0 aliphatic heterocycles. The van der Waals surface area contributed by atoms with Crippen molar-refractivity contribution in [2.75, 3.05) is 13.2 Å². The van der Waals surface area contributed by atoms with Crippen molar-refractivity contribution in [2.45, 2.75) is 77.7 Å². The predicted octanol–water partition coefficient (Wildman–Crippen LogP) is 3.12. The second-order valence-corrected chi connectivity index (χ2v) is 6.65. The first-order chi connectivity index (χ1) is 10.6. The van der Waals surface area contributed by atoms with Crippen molar-refractivity contribution in [3.05, 3.63) is 35.4 Å². The lowest BCUT2D eigenvalue weighted by Gasteiger charge is -2.20. The van der Waals surface area contributed by atoms with Gasteiger partial charge in [-0.1, -0.05) is 70.7 Å². The van der Waals surface area contributed by atoms with Gasteiger partial charge in [-0.25, -0.2) is 0 Å². The molecule has 3 nitrogen and oxygen atoms in total. The Bertz CT molecular complexity index is 385. The van der Waals surface area contributed by atoms with Crippen LogP contribution in [0.2, 0.25) is 0 Å². The number of aliphatic hydroxyl groups excluding tert-OH is 2. The molecule has 1 aromatic carbocycles. The summed E-state index contributed by atoms with van der Waals surface area (Å²) in [6.45, 7) is 2.11. The minimum absolute atomic E-state index is 0. The van der Waals surface area contributed by atoms with E-state index in [0.29, 0.717) is 6.42 Å². The van der Waals surface area contributed by atoms with Gasteiger partial charge in [0.15, 0.2) is 0 Å². The summed E-state index contributed by atoms with van der Waals surface area (Å²) in [4.78, 5) is 0. The van der Waals surface area contributed by atoms with Gasteiger partial charge in [0.05, 0.1) is 0 Å². The van der Waals surface area contributed by atoms with Gasteiger partial charge in [-0.2, -0.15) is 0 Å². The SMILES string of the molecule is C.CCCCCCCCc1ccc(CCC([NH3+])(CO)CO)cc1. The standard InChI is InChI=1S/C19H33NO2.CH4/c1-2-3-4-5-6-7-8-17-9-11-18(12-10-17)13-14-19(20,15-21)16-22;/h9-12,21-22H,2-8,13-16,20H2,1H3;1H4/p+1. The van der Waals surface area contributed by atoms with Crippen LogP contribution in [0.5, 0.6) is 0 Å². The van der Waals surface area contributed by atoms with Crippen LogP contribution in [-0.4, -0.2) is 29.0 Å². The topological polar surface area (TPSA) is 68.1 Å². The van der Waals surface area contributed by atoms with Crippen molar-refractivity contribution in [3.63, 3.8) is 0 Å². The predicted molar refractivity (Wildman–Crippen MR) is 98.4 cm³/mol. The third-order valence-corrected chi connectivity index (χ3v) is 4.46. The van der Waals surface area contributed by atoms with Gasteiger partial charge in [0, 0.05) is 6.42 Å². The largest absolute Gasteiger partial charge is 0.390 e. The van der Waals surface area contributed by atoms with Crippen LogP contribution in [0.3, 0.4) is 0 Å². The van der Waals surface area contributed by atoms with E-state index in [1.807, 2.05) is 0 Å². The molecule has 0 aliphatic carbocycles. The van der Waals surface area contributed by atoms with Gasteiger partial charge in [0.1, 0.15) is 18.8 Å². The monoisotopic (exact) mass is 324 g/mol. The Labute approximate surface area is 142 Å². The number of hydrogen-bond acceptors (Lipinski definition) is 2. The summed E-state index contributed by atoms with van der Waals surface area (Å²) in [7, 11) is 0. The van der Waals surface area contributed by atoms with Crippen molar-refractivity contribution in [1.82, 2.24) is 0 Å². The zero-order valence-electron chi connectivity index (χ0n) is 14.2. The summed E-state index contributed by atoms with van der Waals surface area (Å²) in [6.07, 6.45) is 10.7. The molecule has 0 atom stereocenters. The van der Waals surface area contributed by atoms with Crippen molar-refractivity contribution in [1.29, 1.82) is 0 Å². The molecule has 1 rings (SSSR count). The van der Waals surface area contributed by atoms with E-state index in [4.69, 9.17) is 0 Å². The van der Waals surface area contributed by atoms with Crippen molar-refractivity contribution >= 4 is 0 Å². The second-order valence-electron chi connectivity index (χ2n) is 6.65. The smallest absolute Gasteiger partial charge is 0.141 e. The van der Waals surface area contributed by atoms with Crippen LogP contribution in [-0.2, 0) is 12.8 Å². The highest BCUT2D eigenvalue weighted by Gasteiger charge is 2.26. The molecule has 0 spiro atoms. The minimum Gasteiger partial charge on any atom is -0.390 e. The van der Waals surface area contributed by atoms with Gasteiger partial charge in [-0.15, -0.1) is 0 Å². The zero-order chi connectivity index (χ0) is 16.3. The molecule has 0 heterocycles. The van der Waals surface area contributed by atoms with Crippen LogP contribution in [0.15, 0.2) is 24.3 Å². The number of rotatable bonds is 12. The maximum atomic E-state index is 9.26. The summed E-state index contributed by atoms with van der Waals surface area (Å²) < 4.78 is 0. The van der Waals surface area contributed by atoms with Crippen LogP contribution < -0.4 is 5.73 Å². The molecule has 134 valence electrons. The molecule has 0 radical (unpaired) electrons. The lowest BCUT2D eigenvalue weighted by atomic mass is 9.93. The molecule has 0 amide bonds. The fourth-order valence-electron chi connectivity index (χ4n) is 2.60. The summed E-state index contributed by atoms with van der Waals surface area (Å²) in [5.74, 6) is 0. The van der Waals surface area contributed by atoms with E-state index in [9.17, 15) is 10.2 Å². The van der Waals surface area contributed by atoms with Crippen molar-refractivity contribution < 1.29 is 15.9 Å². The molecule has 0 unspecified atom stereocenters. The summed E-state index contributed by atoms with van der Waals surface area (Å²) in [5.41, 5.74) is 5.95. The van der Waals surface area contributed by atoms with Gasteiger partial charge in [0.2, 0.25) is 0 Å². The van der Waals surface area contributed by atoms with Crippen LogP contribution in [0.4, 0.5) is 0 Å². The van der Waals surface area contributed by atoms with Gasteiger partial charge >= 0.3 is 0 Å². The first-order valence-corrected chi connectivity index (χ1v) is 8.78. The molecule has 23 heavy (non-hydrogen) atoms. The molecular formula is C20H38NO2+. The normalized spacial score (nSPS) is 11.3. The van der Waals surface area contributed by atoms with Gasteiger partial charge in [0.25, 0.3) is 0 Å². The van der Waals surface area contributed by atoms with Crippen molar-refractivity contribution in [3.8, 4) is 0 Å². The number of quaternary nitrogens is 1. The maximum Gasteiger partial charge on any atom is 0.141 e. The summed E-state index contributed by atoms with van der Waals surface area (Å²) in [6, 6.07) is 8.76. The third kappa shape index (κ3) is 9.09. The maximum absolute atomic E-state index is 9.26. The lowest BCUT2D eigenvalue weighted by molar-refractivity contribution is -0.491. The van der Waals surface area contributed by atoms with Crippen LogP contribution >= 0.6 is 0 Å². The van der Waals surface area contributed by atoms with Gasteiger partial charge < -0.3 is 15.9 Å². The van der Waals surface area contributed by atoms with Crippen LogP contribution in [0, 0.1) is 0 Å². The third-order valence-electron chi connectivity index (χ3n) is 4.46. The summed E-state index contributed by atoms with van der Waals surface area (Å²) in [5, 5.41) is 18.5.